The molecule has 0 aliphatic carbocycles. The normalized spacial score (nSPS) is 13.1. The van der Waals surface area contributed by atoms with E-state index in [4.69, 9.17) is 4.74 Å². The summed E-state index contributed by atoms with van der Waals surface area (Å²) in [7, 11) is 3.23. The molecule has 118 valence electrons. The third-order valence-electron chi connectivity index (χ3n) is 3.56. The van der Waals surface area contributed by atoms with Crippen molar-refractivity contribution in [2.45, 2.75) is 71.3 Å². The molecule has 0 N–H and O–H groups in total. The summed E-state index contributed by atoms with van der Waals surface area (Å²) in [4.78, 5) is 10.9. The van der Waals surface area contributed by atoms with Crippen molar-refractivity contribution >= 4 is 5.97 Å². The van der Waals surface area contributed by atoms with Gasteiger partial charge in [-0.05, 0) is 31.6 Å². The molecule has 20 heavy (non-hydrogen) atoms. The van der Waals surface area contributed by atoms with Crippen LogP contribution in [0.2, 0.25) is 0 Å². The fraction of sp³-hybridized carbons (Fsp3) is 0.824. The highest BCUT2D eigenvalue weighted by atomic mass is 16.5. The van der Waals surface area contributed by atoms with Gasteiger partial charge in [-0.1, -0.05) is 45.3 Å². The number of esters is 1. The van der Waals surface area contributed by atoms with E-state index in [1.807, 2.05) is 0 Å². The maximum atomic E-state index is 10.9. The van der Waals surface area contributed by atoms with Crippen LogP contribution in [0.25, 0.3) is 0 Å². The molecule has 0 fully saturated rings. The van der Waals surface area contributed by atoms with Crippen molar-refractivity contribution in [3.8, 4) is 0 Å². The van der Waals surface area contributed by atoms with E-state index in [0.29, 0.717) is 18.4 Å². The summed E-state index contributed by atoms with van der Waals surface area (Å²) in [5, 5.41) is 0. The molecule has 0 saturated heterocycles. The van der Waals surface area contributed by atoms with E-state index in [-0.39, 0.29) is 5.97 Å². The van der Waals surface area contributed by atoms with Crippen LogP contribution >= 0.6 is 0 Å². The quantitative estimate of drug-likeness (QED) is 0.300. The van der Waals surface area contributed by atoms with E-state index in [1.165, 1.54) is 26.4 Å². The first-order valence-corrected chi connectivity index (χ1v) is 7.86. The van der Waals surface area contributed by atoms with Gasteiger partial charge in [0.25, 0.3) is 0 Å². The highest BCUT2D eigenvalue weighted by Gasteiger charge is 2.09. The molecule has 0 bridgehead atoms. The number of hydrogen-bond donors (Lipinski definition) is 0. The number of rotatable bonds is 12. The zero-order valence-electron chi connectivity index (χ0n) is 13.7. The average molecular weight is 284 g/mol. The molecule has 0 amide bonds. The lowest BCUT2D eigenvalue weighted by molar-refractivity contribution is -0.140. The van der Waals surface area contributed by atoms with Crippen LogP contribution in [-0.4, -0.2) is 26.3 Å². The molecule has 0 heterocycles. The number of carbonyl (C=O) groups excluding carboxylic acids is 1. The Morgan fingerprint density at radius 3 is 2.25 bits per heavy atom. The molecule has 3 nitrogen and oxygen atoms in total. The highest BCUT2D eigenvalue weighted by molar-refractivity contribution is 5.68. The summed E-state index contributed by atoms with van der Waals surface area (Å²) in [5.74, 6) is 0.477. The first-order valence-electron chi connectivity index (χ1n) is 7.86. The molecule has 0 radical (unpaired) electrons. The van der Waals surface area contributed by atoms with E-state index in [9.17, 15) is 4.79 Å². The molecule has 0 aliphatic rings. The van der Waals surface area contributed by atoms with Crippen LogP contribution in [0.5, 0.6) is 0 Å². The molecule has 0 aromatic rings. The second kappa shape index (κ2) is 13.2. The minimum Gasteiger partial charge on any atom is -0.469 e. The standard InChI is InChI=1S/C17H32O3/c1-15(2)16(19-3)13-11-9-7-5-6-8-10-12-14-17(18)20-4/h9,11,15-16H,5-8,10,12-14H2,1-4H3/b11-9+/t16-/m0/s1. The summed E-state index contributed by atoms with van der Waals surface area (Å²) in [6, 6.07) is 0. The van der Waals surface area contributed by atoms with Gasteiger partial charge in [0.05, 0.1) is 13.2 Å². The summed E-state index contributed by atoms with van der Waals surface area (Å²) >= 11 is 0. The number of unbranched alkanes of at least 4 members (excludes halogenated alkanes) is 5. The van der Waals surface area contributed by atoms with Gasteiger partial charge in [0.1, 0.15) is 0 Å². The Morgan fingerprint density at radius 2 is 1.65 bits per heavy atom. The fourth-order valence-corrected chi connectivity index (χ4v) is 2.15. The Hall–Kier alpha value is -0.830. The van der Waals surface area contributed by atoms with Crippen molar-refractivity contribution in [3.63, 3.8) is 0 Å². The second-order valence-corrected chi connectivity index (χ2v) is 5.61. The van der Waals surface area contributed by atoms with Crippen molar-refractivity contribution in [3.05, 3.63) is 12.2 Å². The summed E-state index contributed by atoms with van der Waals surface area (Å²) in [6.45, 7) is 4.38. The highest BCUT2D eigenvalue weighted by Crippen LogP contribution is 2.12. The van der Waals surface area contributed by atoms with Crippen LogP contribution in [0, 0.1) is 5.92 Å². The van der Waals surface area contributed by atoms with Gasteiger partial charge >= 0.3 is 5.97 Å². The minimum atomic E-state index is -0.0919. The third kappa shape index (κ3) is 11.0. The SMILES string of the molecule is COC(=O)CCCCCCC/C=C/C[C@H](OC)C(C)C. The number of allylic oxidation sites excluding steroid dienone is 1. The van der Waals surface area contributed by atoms with E-state index in [1.54, 1.807) is 7.11 Å². The number of hydrogen-bond acceptors (Lipinski definition) is 3. The smallest absolute Gasteiger partial charge is 0.305 e. The van der Waals surface area contributed by atoms with Gasteiger partial charge in [0.15, 0.2) is 0 Å². The average Bonchev–Trinajstić information content (AvgIpc) is 2.44. The van der Waals surface area contributed by atoms with Gasteiger partial charge in [0, 0.05) is 13.5 Å². The van der Waals surface area contributed by atoms with Gasteiger partial charge in [-0.2, -0.15) is 0 Å². The van der Waals surface area contributed by atoms with Gasteiger partial charge in [-0.15, -0.1) is 0 Å². The monoisotopic (exact) mass is 284 g/mol. The molecule has 0 rings (SSSR count). The second-order valence-electron chi connectivity index (χ2n) is 5.61. The van der Waals surface area contributed by atoms with Crippen LogP contribution < -0.4 is 0 Å². The number of carbonyl (C=O) groups is 1. The molecule has 0 unspecified atom stereocenters. The van der Waals surface area contributed by atoms with Crippen LogP contribution in [0.15, 0.2) is 12.2 Å². The zero-order valence-corrected chi connectivity index (χ0v) is 13.7. The van der Waals surface area contributed by atoms with Gasteiger partial charge < -0.3 is 9.47 Å². The molecular formula is C17H32O3. The Labute approximate surface area is 124 Å². The molecule has 0 saturated carbocycles. The Bertz CT molecular complexity index is 259. The topological polar surface area (TPSA) is 35.5 Å². The predicted octanol–water partition coefficient (Wildman–Crippen LogP) is 4.51. The van der Waals surface area contributed by atoms with Crippen LogP contribution in [0.4, 0.5) is 0 Å². The fourth-order valence-electron chi connectivity index (χ4n) is 2.15. The Kier molecular flexibility index (Phi) is 12.6. The molecule has 0 spiro atoms. The van der Waals surface area contributed by atoms with Crippen LogP contribution in [0.1, 0.15) is 65.2 Å². The van der Waals surface area contributed by atoms with Crippen molar-refractivity contribution in [1.29, 1.82) is 0 Å². The molecule has 0 aromatic carbocycles. The first kappa shape index (κ1) is 19.2. The molecule has 0 aromatic heterocycles. The van der Waals surface area contributed by atoms with Crippen molar-refractivity contribution in [1.82, 2.24) is 0 Å². The molecule has 0 aliphatic heterocycles. The lowest BCUT2D eigenvalue weighted by atomic mass is 10.0. The van der Waals surface area contributed by atoms with Gasteiger partial charge in [-0.25, -0.2) is 0 Å². The van der Waals surface area contributed by atoms with Gasteiger partial charge in [0.2, 0.25) is 0 Å². The zero-order chi connectivity index (χ0) is 15.2. The Balaban J connectivity index is 3.37. The number of methoxy groups -OCH3 is 2. The molecule has 3 heteroatoms. The van der Waals surface area contributed by atoms with E-state index < -0.39 is 0 Å². The van der Waals surface area contributed by atoms with Crippen molar-refractivity contribution in [2.24, 2.45) is 5.92 Å². The summed E-state index contributed by atoms with van der Waals surface area (Å²) in [5.41, 5.74) is 0. The lowest BCUT2D eigenvalue weighted by Crippen LogP contribution is -2.16. The number of ether oxygens (including phenoxy) is 2. The predicted molar refractivity (Wildman–Crippen MR) is 83.7 cm³/mol. The summed E-state index contributed by atoms with van der Waals surface area (Å²) < 4.78 is 10.0. The van der Waals surface area contributed by atoms with Crippen molar-refractivity contribution in [2.75, 3.05) is 14.2 Å². The largest absolute Gasteiger partial charge is 0.469 e. The maximum Gasteiger partial charge on any atom is 0.305 e. The van der Waals surface area contributed by atoms with Gasteiger partial charge in [-0.3, -0.25) is 4.79 Å². The maximum absolute atomic E-state index is 10.9. The Morgan fingerprint density at radius 1 is 1.00 bits per heavy atom. The van der Waals surface area contributed by atoms with Crippen LogP contribution in [0.3, 0.4) is 0 Å². The third-order valence-corrected chi connectivity index (χ3v) is 3.56. The lowest BCUT2D eigenvalue weighted by Gasteiger charge is -2.16. The van der Waals surface area contributed by atoms with E-state index in [2.05, 4.69) is 30.7 Å². The van der Waals surface area contributed by atoms with Crippen molar-refractivity contribution < 1.29 is 14.3 Å². The first-order chi connectivity index (χ1) is 9.61. The van der Waals surface area contributed by atoms with E-state index >= 15 is 0 Å². The molecule has 1 atom stereocenters. The minimum absolute atomic E-state index is 0.0919. The van der Waals surface area contributed by atoms with Crippen LogP contribution in [-0.2, 0) is 14.3 Å². The molecular weight excluding hydrogens is 252 g/mol. The summed E-state index contributed by atoms with van der Waals surface area (Å²) in [6.07, 6.45) is 13.3. The van der Waals surface area contributed by atoms with E-state index in [0.717, 1.165) is 25.7 Å².